The number of halogens is 1. The third-order valence-corrected chi connectivity index (χ3v) is 18.4. The Hall–Kier alpha value is -12.0. The molecule has 2 heterocycles. The average molecular weight is 1750 g/mol. The maximum Gasteiger partial charge on any atom is 0.305 e. The van der Waals surface area contributed by atoms with Crippen molar-refractivity contribution >= 4 is 101 Å². The summed E-state index contributed by atoms with van der Waals surface area (Å²) in [6.07, 6.45) is 0.848. The van der Waals surface area contributed by atoms with Crippen LogP contribution in [-0.2, 0) is 121 Å². The van der Waals surface area contributed by atoms with Crippen LogP contribution in [-0.4, -0.2) is 305 Å². The van der Waals surface area contributed by atoms with Crippen molar-refractivity contribution in [3.63, 3.8) is 0 Å². The van der Waals surface area contributed by atoms with E-state index < -0.39 is 158 Å². The lowest BCUT2D eigenvalue weighted by Gasteiger charge is -2.27. The van der Waals surface area contributed by atoms with Crippen molar-refractivity contribution in [2.45, 2.75) is 177 Å². The van der Waals surface area contributed by atoms with E-state index in [-0.39, 0.29) is 220 Å². The molecule has 0 bridgehead atoms. The molecular weight excluding hydrogens is 1630 g/mol. The molecule has 1 saturated heterocycles. The van der Waals surface area contributed by atoms with E-state index in [1.54, 1.807) is 66.9 Å². The number of carbonyl (C=O) groups excluding carboxylic acids is 13. The lowest BCUT2D eigenvalue weighted by molar-refractivity contribution is -0.141. The van der Waals surface area contributed by atoms with Gasteiger partial charge in [-0.1, -0.05) is 65.9 Å². The molecule has 4 rings (SSSR count). The second-order valence-electron chi connectivity index (χ2n) is 28.5. The number of unbranched alkanes of at least 4 members (excludes halogenated alkanes) is 2. The highest BCUT2D eigenvalue weighted by Crippen LogP contribution is 2.13. The third-order valence-electron chi connectivity index (χ3n) is 18.4. The number of guanidine groups is 2. The van der Waals surface area contributed by atoms with Crippen molar-refractivity contribution in [3.05, 3.63) is 83.7 Å². The number of hydrogen-bond donors (Lipinski definition) is 19. The molecule has 24 N–H and O–H groups in total. The molecule has 1 aliphatic rings. The molecule has 0 aliphatic carbocycles. The van der Waals surface area contributed by atoms with E-state index in [4.69, 9.17) is 57.5 Å². The number of nitrogens with one attached hydrogen (secondary N) is 12. The number of carbonyl (C=O) groups is 15. The largest absolute Gasteiger partial charge is 0.481 e. The zero-order valence-corrected chi connectivity index (χ0v) is 69.6. The quantitative estimate of drug-likeness (QED) is 0.0108. The average Bonchev–Trinajstić information content (AvgIpc) is 1.15. The highest BCUT2D eigenvalue weighted by Gasteiger charge is 2.33. The normalized spacial score (nSPS) is 16.0. The topological polar surface area (TPSA) is 676 Å². The van der Waals surface area contributed by atoms with Crippen LogP contribution in [0.15, 0.2) is 76.8 Å². The SMILES string of the molecule is NC(N)=NCCC[C@@H]1NCO[C@H](CCCCNC(=O)CCN(CCC(=O)NCCCC[C@H](NC(=O)[C@H](N)Cc2ccccc2)C(=O)N[C@@H](CCCN=C(N)N)C(=O)NCC(=O)N[C@H](C=O)CC(=O)O)C(=O)CCOCCOCCOCCOCCNC(=O)Cn2cc(CCCF)nn2)NC(=O)[C@@H](Cc2ccccc2)NC(=O)[C@H](CC(=O)O)NC(=O)CNC1=O. The molecule has 0 radical (unpaired) electrons. The molecule has 0 saturated carbocycles. The van der Waals surface area contributed by atoms with Gasteiger partial charge < -0.3 is 131 Å². The maximum atomic E-state index is 14.3. The van der Waals surface area contributed by atoms with Gasteiger partial charge in [-0.05, 0) is 94.6 Å². The van der Waals surface area contributed by atoms with Gasteiger partial charge in [0.15, 0.2) is 11.9 Å². The van der Waals surface area contributed by atoms with Crippen molar-refractivity contribution < 1.29 is 110 Å². The molecule has 2 aromatic carbocycles. The van der Waals surface area contributed by atoms with Crippen molar-refractivity contribution in [1.82, 2.24) is 83.7 Å². The van der Waals surface area contributed by atoms with Gasteiger partial charge in [-0.3, -0.25) is 86.8 Å². The number of aliphatic imine (C=N–C) groups is 2. The first-order valence-electron chi connectivity index (χ1n) is 41.0. The van der Waals surface area contributed by atoms with Gasteiger partial charge >= 0.3 is 11.9 Å². The molecule has 45 nitrogen and oxygen atoms in total. The first-order chi connectivity index (χ1) is 59.6. The van der Waals surface area contributed by atoms with Crippen LogP contribution in [0.5, 0.6) is 0 Å². The molecule has 1 fully saturated rings. The summed E-state index contributed by atoms with van der Waals surface area (Å²) in [7, 11) is 0. The van der Waals surface area contributed by atoms with Crippen molar-refractivity contribution in [3.8, 4) is 0 Å². The number of aryl methyl sites for hydroxylation is 1. The fraction of sp³-hybridized carbons (Fsp3) is 0.603. The number of carboxylic acids is 2. The van der Waals surface area contributed by atoms with Crippen LogP contribution in [0.2, 0.25) is 0 Å². The fourth-order valence-corrected chi connectivity index (χ4v) is 11.9. The minimum absolute atomic E-state index is 0.0254. The zero-order valence-electron chi connectivity index (χ0n) is 69.6. The van der Waals surface area contributed by atoms with Gasteiger partial charge in [0, 0.05) is 71.3 Å². The fourth-order valence-electron chi connectivity index (χ4n) is 11.9. The van der Waals surface area contributed by atoms with E-state index in [0.717, 1.165) is 5.56 Å². The van der Waals surface area contributed by atoms with E-state index in [1.807, 2.05) is 0 Å². The molecule has 1 aliphatic heterocycles. The Balaban J connectivity index is 1.41. The smallest absolute Gasteiger partial charge is 0.305 e. The summed E-state index contributed by atoms with van der Waals surface area (Å²) in [6.45, 7) is -0.603. The summed E-state index contributed by atoms with van der Waals surface area (Å²) in [5, 5.41) is 57.9. The Morgan fingerprint density at radius 2 is 1.19 bits per heavy atom. The summed E-state index contributed by atoms with van der Waals surface area (Å²) < 4.78 is 42.4. The number of aromatic nitrogens is 3. The predicted octanol–water partition coefficient (Wildman–Crippen LogP) is -5.95. The second-order valence-corrected chi connectivity index (χ2v) is 28.5. The standard InChI is InChI=1S/C78H122FN23O22/c79-26-11-18-54-48-102(100-99-54)49-66(108)87-31-35-121-37-39-123-41-40-122-38-36-120-34-25-68(109)101(32-23-62(104)85-27-9-7-19-59(95-71(114)56(80)42-52-14-3-1-4-15-52)74(117)96-58(21-13-30-89-78(83)84)73(116)91-46-64(106)93-55(50-103)44-69(110)111)33-24-63(105)86-28-10-8-22-67-98-76(119)60(43-53-16-5-2-6-17-53)97-75(118)61(45-70(112)113)94-65(107)47-90-72(115)57(92-51-124-67)20-12-29-88-77(81)82/h1-6,14-17,48,50,55-61,67,92H,7-13,18-47,49,51,80H2,(H,85,104)(H,86,105)(H,87,108)(H,90,115)(H,91,116)(H,93,106)(H,94,107)(H,95,114)(H,96,117)(H,97,118)(H,98,119)(H,110,111)(H,112,113)(H4,81,82,88)(H4,83,84,89)/t55-,56+,57-,58-,59-,60+,61-,67+/m0/s1. The van der Waals surface area contributed by atoms with Gasteiger partial charge in [0.05, 0.1) is 122 Å². The van der Waals surface area contributed by atoms with E-state index in [1.165, 1.54) is 9.58 Å². The van der Waals surface area contributed by atoms with Crippen LogP contribution in [0.4, 0.5) is 4.39 Å². The number of hydrogen-bond acceptors (Lipinski definition) is 26. The Kier molecular flexibility index (Phi) is 52.3. The van der Waals surface area contributed by atoms with Crippen LogP contribution >= 0.6 is 0 Å². The van der Waals surface area contributed by atoms with Crippen LogP contribution in [0.25, 0.3) is 0 Å². The summed E-state index contributed by atoms with van der Waals surface area (Å²) in [5.41, 5.74) is 30.2. The first kappa shape index (κ1) is 104. The zero-order chi connectivity index (χ0) is 90.7. The summed E-state index contributed by atoms with van der Waals surface area (Å²) >= 11 is 0. The molecule has 8 atom stereocenters. The molecular formula is C78H122FN23O22. The number of benzene rings is 2. The third kappa shape index (κ3) is 48.0. The van der Waals surface area contributed by atoms with Gasteiger partial charge in [-0.2, -0.15) is 0 Å². The van der Waals surface area contributed by atoms with Gasteiger partial charge in [-0.25, -0.2) is 4.68 Å². The monoisotopic (exact) mass is 1750 g/mol. The highest BCUT2D eigenvalue weighted by atomic mass is 19.1. The minimum Gasteiger partial charge on any atom is -0.481 e. The summed E-state index contributed by atoms with van der Waals surface area (Å²) in [4.78, 5) is 206. The molecule has 3 aromatic rings. The molecule has 0 unspecified atom stereocenters. The Labute approximate surface area is 716 Å². The van der Waals surface area contributed by atoms with Gasteiger partial charge in [-0.15, -0.1) is 5.10 Å². The van der Waals surface area contributed by atoms with E-state index in [0.29, 0.717) is 36.9 Å². The van der Waals surface area contributed by atoms with Crippen LogP contribution in [0.3, 0.4) is 0 Å². The molecule has 1 aromatic heterocycles. The van der Waals surface area contributed by atoms with E-state index in [9.17, 15) is 81.4 Å². The highest BCUT2D eigenvalue weighted by molar-refractivity contribution is 5.97. The molecule has 0 spiro atoms. The minimum atomic E-state index is -1.67. The number of ether oxygens (including phenoxy) is 5. The summed E-state index contributed by atoms with van der Waals surface area (Å²) in [5.74, 6) is -11.5. The lowest BCUT2D eigenvalue weighted by Crippen LogP contribution is -2.58. The van der Waals surface area contributed by atoms with E-state index >= 15 is 0 Å². The van der Waals surface area contributed by atoms with Gasteiger partial charge in [0.25, 0.3) is 0 Å². The van der Waals surface area contributed by atoms with Gasteiger partial charge in [0.1, 0.15) is 43.2 Å². The van der Waals surface area contributed by atoms with Crippen molar-refractivity contribution in [1.29, 1.82) is 0 Å². The number of amides is 12. The summed E-state index contributed by atoms with van der Waals surface area (Å²) in [6, 6.07) is 8.22. The van der Waals surface area contributed by atoms with Crippen LogP contribution in [0.1, 0.15) is 120 Å². The van der Waals surface area contributed by atoms with Crippen LogP contribution < -0.4 is 92.5 Å². The Bertz CT molecular complexity index is 3870. The van der Waals surface area contributed by atoms with Crippen LogP contribution in [0, 0.1) is 0 Å². The molecule has 688 valence electrons. The Morgan fingerprint density at radius 3 is 1.81 bits per heavy atom. The van der Waals surface area contributed by atoms with Gasteiger partial charge in [0.2, 0.25) is 70.9 Å². The Morgan fingerprint density at radius 1 is 0.605 bits per heavy atom. The number of carboxylic acid groups (broad SMARTS) is 2. The number of alkyl halides is 1. The molecule has 124 heavy (non-hydrogen) atoms. The van der Waals surface area contributed by atoms with E-state index in [2.05, 4.69) is 84.1 Å². The first-order valence-corrected chi connectivity index (χ1v) is 41.0. The number of nitrogens with two attached hydrogens (primary N) is 5. The van der Waals surface area contributed by atoms with Crippen molar-refractivity contribution in [2.75, 3.05) is 125 Å². The number of aldehydes is 1. The maximum absolute atomic E-state index is 14.3. The molecule has 12 amide bonds. The number of nitrogens with zero attached hydrogens (tertiary/aromatic N) is 6. The molecule has 46 heteroatoms. The predicted molar refractivity (Wildman–Crippen MR) is 444 cm³/mol. The van der Waals surface area contributed by atoms with Crippen molar-refractivity contribution in [2.24, 2.45) is 38.7 Å². The number of rotatable bonds is 61. The second kappa shape index (κ2) is 62.2. The number of aliphatic carboxylic acids is 2. The lowest BCUT2D eigenvalue weighted by atomic mass is 10.0.